The van der Waals surface area contributed by atoms with Crippen LogP contribution in [-0.4, -0.2) is 56.5 Å². The first-order valence-electron chi connectivity index (χ1n) is 11.2. The van der Waals surface area contributed by atoms with E-state index < -0.39 is 15.9 Å². The Hall–Kier alpha value is -3.50. The number of anilines is 2. The molecule has 0 radical (unpaired) electrons. The predicted octanol–water partition coefficient (Wildman–Crippen LogP) is 3.83. The molecule has 1 atom stereocenters. The zero-order chi connectivity index (χ0) is 25.0. The van der Waals surface area contributed by atoms with Crippen molar-refractivity contribution in [3.05, 3.63) is 65.9 Å². The van der Waals surface area contributed by atoms with Crippen LogP contribution in [0.3, 0.4) is 0 Å². The molecule has 1 amide bonds. The molecule has 4 rings (SSSR count). The lowest BCUT2D eigenvalue weighted by molar-refractivity contribution is 0.0985. The number of hydrogen-bond acceptors (Lipinski definition) is 8. The Morgan fingerprint density at radius 2 is 1.94 bits per heavy atom. The summed E-state index contributed by atoms with van der Waals surface area (Å²) >= 11 is 0. The summed E-state index contributed by atoms with van der Waals surface area (Å²) in [4.78, 5) is 23.7. The number of morpholine rings is 1. The van der Waals surface area contributed by atoms with Gasteiger partial charge in [-0.05, 0) is 49.7 Å². The first-order valence-corrected chi connectivity index (χ1v) is 13.3. The minimum Gasteiger partial charge on any atom is -0.410 e. The van der Waals surface area contributed by atoms with Crippen molar-refractivity contribution >= 4 is 27.4 Å². The van der Waals surface area contributed by atoms with Crippen LogP contribution in [0.5, 0.6) is 5.75 Å². The molecule has 0 spiro atoms. The zero-order valence-corrected chi connectivity index (χ0v) is 20.7. The van der Waals surface area contributed by atoms with E-state index in [9.17, 15) is 13.2 Å². The van der Waals surface area contributed by atoms with Crippen molar-refractivity contribution in [2.75, 3.05) is 36.2 Å². The van der Waals surface area contributed by atoms with Crippen molar-refractivity contribution in [3.63, 3.8) is 0 Å². The van der Waals surface area contributed by atoms with Gasteiger partial charge in [-0.25, -0.2) is 23.2 Å². The number of aromatic nitrogens is 2. The molecule has 1 N–H and O–H groups in total. The first kappa shape index (κ1) is 24.6. The van der Waals surface area contributed by atoms with Gasteiger partial charge in [0.05, 0.1) is 30.7 Å². The van der Waals surface area contributed by atoms with Crippen molar-refractivity contribution in [2.24, 2.45) is 0 Å². The fraction of sp³-hybridized carbons (Fsp3) is 0.320. The SMILES string of the molecule is Cc1cc(-c2nc(CS(C)(=O)=O)cc(N3CCOC[C@@H]3C)n2)ccc1NC(=O)Oc1ccccc1. The largest absolute Gasteiger partial charge is 0.417 e. The topological polar surface area (TPSA) is 111 Å². The molecule has 3 aromatic rings. The number of ether oxygens (including phenoxy) is 2. The van der Waals surface area contributed by atoms with Gasteiger partial charge in [0.1, 0.15) is 11.6 Å². The van der Waals surface area contributed by atoms with E-state index in [1.807, 2.05) is 26.0 Å². The average Bonchev–Trinajstić information content (AvgIpc) is 2.80. The Morgan fingerprint density at radius 1 is 1.17 bits per heavy atom. The maximum absolute atomic E-state index is 12.3. The number of sulfone groups is 1. The van der Waals surface area contributed by atoms with Gasteiger partial charge in [0, 0.05) is 30.1 Å². The monoisotopic (exact) mass is 496 g/mol. The summed E-state index contributed by atoms with van der Waals surface area (Å²) in [6.07, 6.45) is 0.590. The summed E-state index contributed by atoms with van der Waals surface area (Å²) in [6.45, 7) is 5.69. The van der Waals surface area contributed by atoms with E-state index in [1.165, 1.54) is 6.26 Å². The van der Waals surface area contributed by atoms with Crippen LogP contribution in [0.25, 0.3) is 11.4 Å². The minimum absolute atomic E-state index is 0.0986. The number of amides is 1. The van der Waals surface area contributed by atoms with E-state index >= 15 is 0 Å². The van der Waals surface area contributed by atoms with E-state index in [0.717, 1.165) is 5.56 Å². The molecular weight excluding hydrogens is 468 g/mol. The zero-order valence-electron chi connectivity index (χ0n) is 19.9. The average molecular weight is 497 g/mol. The van der Waals surface area contributed by atoms with Gasteiger partial charge in [-0.2, -0.15) is 0 Å². The summed E-state index contributed by atoms with van der Waals surface area (Å²) in [5.74, 6) is 1.34. The maximum atomic E-state index is 12.3. The van der Waals surface area contributed by atoms with Gasteiger partial charge in [0.15, 0.2) is 15.7 Å². The number of nitrogens with zero attached hydrogens (tertiary/aromatic N) is 3. The highest BCUT2D eigenvalue weighted by Crippen LogP contribution is 2.27. The predicted molar refractivity (Wildman–Crippen MR) is 134 cm³/mol. The maximum Gasteiger partial charge on any atom is 0.417 e. The first-order chi connectivity index (χ1) is 16.7. The summed E-state index contributed by atoms with van der Waals surface area (Å²) in [7, 11) is -3.29. The Morgan fingerprint density at radius 3 is 2.63 bits per heavy atom. The molecule has 0 aliphatic carbocycles. The smallest absolute Gasteiger partial charge is 0.410 e. The Kier molecular flexibility index (Phi) is 7.32. The van der Waals surface area contributed by atoms with E-state index in [2.05, 4.69) is 15.2 Å². The molecule has 184 valence electrons. The van der Waals surface area contributed by atoms with Crippen LogP contribution in [0.15, 0.2) is 54.6 Å². The van der Waals surface area contributed by atoms with Crippen LogP contribution in [0, 0.1) is 6.92 Å². The molecule has 0 saturated carbocycles. The number of carbonyl (C=O) groups excluding carboxylic acids is 1. The Balaban J connectivity index is 1.61. The number of aryl methyl sites for hydroxylation is 1. The molecule has 0 unspecified atom stereocenters. The summed E-state index contributed by atoms with van der Waals surface area (Å²) < 4.78 is 34.8. The molecule has 0 bridgehead atoms. The highest BCUT2D eigenvalue weighted by atomic mass is 32.2. The van der Waals surface area contributed by atoms with Crippen LogP contribution in [-0.2, 0) is 20.3 Å². The van der Waals surface area contributed by atoms with Crippen molar-refractivity contribution in [2.45, 2.75) is 25.6 Å². The second-order valence-corrected chi connectivity index (χ2v) is 10.7. The van der Waals surface area contributed by atoms with Crippen molar-refractivity contribution in [1.29, 1.82) is 0 Å². The summed E-state index contributed by atoms with van der Waals surface area (Å²) in [5.41, 5.74) is 2.51. The second-order valence-electron chi connectivity index (χ2n) is 8.59. The Bertz CT molecular complexity index is 1310. The molecule has 35 heavy (non-hydrogen) atoms. The molecule has 2 aromatic carbocycles. The van der Waals surface area contributed by atoms with Gasteiger partial charge in [-0.15, -0.1) is 0 Å². The quantitative estimate of drug-likeness (QED) is 0.548. The molecule has 1 aromatic heterocycles. The third-order valence-corrected chi connectivity index (χ3v) is 6.33. The molecule has 2 heterocycles. The lowest BCUT2D eigenvalue weighted by Crippen LogP contribution is -2.44. The standard InChI is InChI=1S/C25H28N4O5S/c1-17-13-19(9-10-22(17)27-25(30)34-21-7-5-4-6-8-21)24-26-20(16-35(3,31)32)14-23(28-24)29-11-12-33-15-18(29)2/h4-10,13-14,18H,11-12,15-16H2,1-3H3,(H,27,30)/t18-/m0/s1. The van der Waals surface area contributed by atoms with E-state index in [4.69, 9.17) is 14.5 Å². The van der Waals surface area contributed by atoms with Crippen LogP contribution in [0.1, 0.15) is 18.2 Å². The van der Waals surface area contributed by atoms with Crippen molar-refractivity contribution < 1.29 is 22.7 Å². The third kappa shape index (κ3) is 6.55. The van der Waals surface area contributed by atoms with E-state index in [-0.39, 0.29) is 11.8 Å². The van der Waals surface area contributed by atoms with Crippen LogP contribution in [0.4, 0.5) is 16.3 Å². The number of para-hydroxylation sites is 1. The van der Waals surface area contributed by atoms with Gasteiger partial charge in [0.25, 0.3) is 0 Å². The highest BCUT2D eigenvalue weighted by Gasteiger charge is 2.23. The second kappa shape index (κ2) is 10.4. The molecule has 10 heteroatoms. The summed E-state index contributed by atoms with van der Waals surface area (Å²) in [5, 5.41) is 2.75. The van der Waals surface area contributed by atoms with Gasteiger partial charge < -0.3 is 14.4 Å². The van der Waals surface area contributed by atoms with Gasteiger partial charge in [0.2, 0.25) is 0 Å². The van der Waals surface area contributed by atoms with Gasteiger partial charge in [-0.1, -0.05) is 18.2 Å². The fourth-order valence-corrected chi connectivity index (χ4v) is 4.53. The lowest BCUT2D eigenvalue weighted by Gasteiger charge is -2.34. The molecule has 1 aliphatic heterocycles. The van der Waals surface area contributed by atoms with E-state index in [1.54, 1.807) is 42.5 Å². The number of rotatable bonds is 6. The summed E-state index contributed by atoms with van der Waals surface area (Å²) in [6, 6.07) is 16.0. The molecule has 9 nitrogen and oxygen atoms in total. The molecular formula is C25H28N4O5S. The number of benzene rings is 2. The number of nitrogens with one attached hydrogen (secondary N) is 1. The Labute approximate surface area is 205 Å². The normalized spacial score (nSPS) is 16.1. The highest BCUT2D eigenvalue weighted by molar-refractivity contribution is 7.89. The third-order valence-electron chi connectivity index (χ3n) is 5.51. The lowest BCUT2D eigenvalue weighted by atomic mass is 10.1. The fourth-order valence-electron chi connectivity index (χ4n) is 3.84. The van der Waals surface area contributed by atoms with E-state index in [0.29, 0.717) is 54.1 Å². The van der Waals surface area contributed by atoms with Crippen molar-refractivity contribution in [3.8, 4) is 17.1 Å². The molecule has 1 fully saturated rings. The van der Waals surface area contributed by atoms with Crippen LogP contribution < -0.4 is 15.0 Å². The molecule has 1 aliphatic rings. The van der Waals surface area contributed by atoms with Crippen LogP contribution >= 0.6 is 0 Å². The van der Waals surface area contributed by atoms with Crippen molar-refractivity contribution in [1.82, 2.24) is 9.97 Å². The molecule has 1 saturated heterocycles. The van der Waals surface area contributed by atoms with Crippen LogP contribution in [0.2, 0.25) is 0 Å². The minimum atomic E-state index is -3.29. The number of carbonyl (C=O) groups is 1. The van der Waals surface area contributed by atoms with Gasteiger partial charge in [-0.3, -0.25) is 5.32 Å². The van der Waals surface area contributed by atoms with Gasteiger partial charge >= 0.3 is 6.09 Å². The number of hydrogen-bond donors (Lipinski definition) is 1.